The molecule has 4 nitrogen and oxygen atoms in total. The Kier molecular flexibility index (Phi) is 3.39. The number of nitrogens with one attached hydrogen (secondary N) is 1. The van der Waals surface area contributed by atoms with Crippen LogP contribution in [-0.4, -0.2) is 23.6 Å². The molecule has 2 aromatic heterocycles. The fourth-order valence-electron chi connectivity index (χ4n) is 2.58. The van der Waals surface area contributed by atoms with Crippen LogP contribution in [0, 0.1) is 0 Å². The van der Waals surface area contributed by atoms with Crippen LogP contribution in [0.1, 0.15) is 5.56 Å². The predicted octanol–water partition coefficient (Wildman–Crippen LogP) is 2.74. The molecule has 0 spiro atoms. The number of rotatable bonds is 4. The van der Waals surface area contributed by atoms with E-state index in [1.165, 1.54) is 10.9 Å². The van der Waals surface area contributed by atoms with Crippen LogP contribution >= 0.6 is 0 Å². The number of H-pyrrole nitrogens is 1. The highest BCUT2D eigenvalue weighted by Gasteiger charge is 2.15. The van der Waals surface area contributed by atoms with Gasteiger partial charge in [0, 0.05) is 23.3 Å². The van der Waals surface area contributed by atoms with E-state index < -0.39 is 0 Å². The zero-order chi connectivity index (χ0) is 13.9. The van der Waals surface area contributed by atoms with Crippen molar-refractivity contribution in [3.8, 4) is 17.0 Å². The van der Waals surface area contributed by atoms with Crippen molar-refractivity contribution in [3.63, 3.8) is 0 Å². The molecule has 102 valence electrons. The summed E-state index contributed by atoms with van der Waals surface area (Å²) in [5.74, 6) is 0.810. The van der Waals surface area contributed by atoms with Gasteiger partial charge >= 0.3 is 0 Å². The van der Waals surface area contributed by atoms with Crippen LogP contribution in [0.25, 0.3) is 22.2 Å². The Morgan fingerprint density at radius 3 is 2.90 bits per heavy atom. The summed E-state index contributed by atoms with van der Waals surface area (Å²) in [6.07, 6.45) is 4.37. The topological polar surface area (TPSA) is 63.9 Å². The molecule has 0 saturated carbocycles. The molecule has 3 N–H and O–H groups in total. The third kappa shape index (κ3) is 2.04. The molecule has 0 radical (unpaired) electrons. The summed E-state index contributed by atoms with van der Waals surface area (Å²) in [4.78, 5) is 7.67. The fraction of sp³-hybridized carbons (Fsp3) is 0.188. The molecule has 3 rings (SSSR count). The van der Waals surface area contributed by atoms with E-state index >= 15 is 0 Å². The Morgan fingerprint density at radius 2 is 2.10 bits per heavy atom. The SMILES string of the molecule is COc1ccncc1-c1[nH]c2ccccc2c1CCN. The minimum Gasteiger partial charge on any atom is -0.496 e. The molecular formula is C16H17N3O. The number of ether oxygens (including phenoxy) is 1. The zero-order valence-corrected chi connectivity index (χ0v) is 11.4. The van der Waals surface area contributed by atoms with Crippen molar-refractivity contribution in [2.24, 2.45) is 5.73 Å². The number of hydrogen-bond donors (Lipinski definition) is 2. The first-order valence-corrected chi connectivity index (χ1v) is 6.63. The summed E-state index contributed by atoms with van der Waals surface area (Å²) >= 11 is 0. The van der Waals surface area contributed by atoms with Crippen LogP contribution in [0.4, 0.5) is 0 Å². The van der Waals surface area contributed by atoms with E-state index in [-0.39, 0.29) is 0 Å². The van der Waals surface area contributed by atoms with E-state index in [4.69, 9.17) is 10.5 Å². The molecule has 0 fully saturated rings. The van der Waals surface area contributed by atoms with Gasteiger partial charge in [-0.25, -0.2) is 0 Å². The van der Waals surface area contributed by atoms with Crippen molar-refractivity contribution in [1.82, 2.24) is 9.97 Å². The summed E-state index contributed by atoms with van der Waals surface area (Å²) in [5.41, 5.74) is 10.1. The monoisotopic (exact) mass is 267 g/mol. The van der Waals surface area contributed by atoms with Gasteiger partial charge in [-0.05, 0) is 30.7 Å². The van der Waals surface area contributed by atoms with E-state index in [1.54, 1.807) is 13.3 Å². The van der Waals surface area contributed by atoms with Crippen molar-refractivity contribution >= 4 is 10.9 Å². The summed E-state index contributed by atoms with van der Waals surface area (Å²) in [6, 6.07) is 10.1. The molecule has 2 heterocycles. The van der Waals surface area contributed by atoms with E-state index in [9.17, 15) is 0 Å². The molecule has 0 aliphatic heterocycles. The van der Waals surface area contributed by atoms with Crippen LogP contribution in [0.3, 0.4) is 0 Å². The van der Waals surface area contributed by atoms with Gasteiger partial charge in [0.2, 0.25) is 0 Å². The number of nitrogens with zero attached hydrogens (tertiary/aromatic N) is 1. The number of benzene rings is 1. The quantitative estimate of drug-likeness (QED) is 0.764. The molecule has 3 aromatic rings. The average Bonchev–Trinajstić information content (AvgIpc) is 2.86. The van der Waals surface area contributed by atoms with Crippen LogP contribution < -0.4 is 10.5 Å². The van der Waals surface area contributed by atoms with E-state index in [1.807, 2.05) is 24.4 Å². The summed E-state index contributed by atoms with van der Waals surface area (Å²) in [5, 5.41) is 1.21. The number of fused-ring (bicyclic) bond motifs is 1. The number of nitrogens with two attached hydrogens (primary N) is 1. The Hall–Kier alpha value is -2.33. The van der Waals surface area contributed by atoms with Gasteiger partial charge in [0.15, 0.2) is 0 Å². The zero-order valence-electron chi connectivity index (χ0n) is 11.4. The Balaban J connectivity index is 2.27. The molecule has 0 aliphatic carbocycles. The highest BCUT2D eigenvalue weighted by atomic mass is 16.5. The maximum atomic E-state index is 5.77. The Morgan fingerprint density at radius 1 is 1.25 bits per heavy atom. The number of pyridine rings is 1. The number of methoxy groups -OCH3 is 1. The number of aromatic amines is 1. The maximum Gasteiger partial charge on any atom is 0.131 e. The molecule has 0 bridgehead atoms. The molecule has 0 saturated heterocycles. The highest BCUT2D eigenvalue weighted by Crippen LogP contribution is 2.35. The van der Waals surface area contributed by atoms with Gasteiger partial charge in [-0.2, -0.15) is 0 Å². The number of para-hydroxylation sites is 1. The highest BCUT2D eigenvalue weighted by molar-refractivity contribution is 5.91. The Bertz CT molecular complexity index is 733. The minimum atomic E-state index is 0.609. The third-order valence-electron chi connectivity index (χ3n) is 3.48. The van der Waals surface area contributed by atoms with Crippen LogP contribution in [-0.2, 0) is 6.42 Å². The first kappa shape index (κ1) is 12.7. The molecule has 0 aliphatic rings. The second-order valence-corrected chi connectivity index (χ2v) is 4.64. The van der Waals surface area contributed by atoms with E-state index in [0.29, 0.717) is 6.54 Å². The summed E-state index contributed by atoms with van der Waals surface area (Å²) in [7, 11) is 1.67. The van der Waals surface area contributed by atoms with Gasteiger partial charge in [0.1, 0.15) is 5.75 Å². The molecule has 20 heavy (non-hydrogen) atoms. The van der Waals surface area contributed by atoms with Crippen LogP contribution in [0.2, 0.25) is 0 Å². The van der Waals surface area contributed by atoms with Gasteiger partial charge in [0.05, 0.1) is 18.4 Å². The largest absolute Gasteiger partial charge is 0.496 e. The fourth-order valence-corrected chi connectivity index (χ4v) is 2.58. The summed E-state index contributed by atoms with van der Waals surface area (Å²) in [6.45, 7) is 0.609. The molecular weight excluding hydrogens is 250 g/mol. The van der Waals surface area contributed by atoms with Crippen molar-refractivity contribution in [3.05, 3.63) is 48.3 Å². The second kappa shape index (κ2) is 5.35. The first-order valence-electron chi connectivity index (χ1n) is 6.63. The molecule has 4 heteroatoms. The first-order chi connectivity index (χ1) is 9.85. The van der Waals surface area contributed by atoms with Gasteiger partial charge in [-0.3, -0.25) is 4.98 Å². The lowest BCUT2D eigenvalue weighted by Gasteiger charge is -2.08. The Labute approximate surface area is 117 Å². The lowest BCUT2D eigenvalue weighted by atomic mass is 10.0. The van der Waals surface area contributed by atoms with Gasteiger partial charge < -0.3 is 15.5 Å². The third-order valence-corrected chi connectivity index (χ3v) is 3.48. The summed E-state index contributed by atoms with van der Waals surface area (Å²) < 4.78 is 5.44. The lowest BCUT2D eigenvalue weighted by Crippen LogP contribution is -2.03. The molecule has 1 aromatic carbocycles. The van der Waals surface area contributed by atoms with E-state index in [2.05, 4.69) is 22.1 Å². The number of aromatic nitrogens is 2. The smallest absolute Gasteiger partial charge is 0.131 e. The van der Waals surface area contributed by atoms with Gasteiger partial charge in [0.25, 0.3) is 0 Å². The molecule has 0 amide bonds. The van der Waals surface area contributed by atoms with Crippen molar-refractivity contribution in [2.75, 3.05) is 13.7 Å². The normalized spacial score (nSPS) is 10.9. The van der Waals surface area contributed by atoms with E-state index in [0.717, 1.165) is 28.9 Å². The van der Waals surface area contributed by atoms with Gasteiger partial charge in [-0.1, -0.05) is 18.2 Å². The standard InChI is InChI=1S/C16H17N3O/c1-20-15-7-9-18-10-13(15)16-12(6-8-17)11-4-2-3-5-14(11)19-16/h2-5,7,9-10,19H,6,8,17H2,1H3. The van der Waals surface area contributed by atoms with Crippen LogP contribution in [0.15, 0.2) is 42.7 Å². The molecule has 0 unspecified atom stereocenters. The molecule has 0 atom stereocenters. The van der Waals surface area contributed by atoms with Crippen molar-refractivity contribution in [2.45, 2.75) is 6.42 Å². The predicted molar refractivity (Wildman–Crippen MR) is 80.8 cm³/mol. The van der Waals surface area contributed by atoms with Crippen molar-refractivity contribution < 1.29 is 4.74 Å². The second-order valence-electron chi connectivity index (χ2n) is 4.64. The van der Waals surface area contributed by atoms with Crippen molar-refractivity contribution in [1.29, 1.82) is 0 Å². The number of hydrogen-bond acceptors (Lipinski definition) is 3. The van der Waals surface area contributed by atoms with Crippen LogP contribution in [0.5, 0.6) is 5.75 Å². The lowest BCUT2D eigenvalue weighted by molar-refractivity contribution is 0.416. The van der Waals surface area contributed by atoms with Gasteiger partial charge in [-0.15, -0.1) is 0 Å². The minimum absolute atomic E-state index is 0.609. The average molecular weight is 267 g/mol. The maximum absolute atomic E-state index is 5.77.